The Morgan fingerprint density at radius 2 is 1.08 bits per heavy atom. The Balaban J connectivity index is 3.44. The van der Waals surface area contributed by atoms with Gasteiger partial charge in [0, 0.05) is 25.7 Å². The van der Waals surface area contributed by atoms with Gasteiger partial charge in [-0.2, -0.15) is 0 Å². The van der Waals surface area contributed by atoms with Crippen LogP contribution in [0, 0.1) is 11.8 Å². The van der Waals surface area contributed by atoms with Gasteiger partial charge in [-0.3, -0.25) is 9.59 Å². The van der Waals surface area contributed by atoms with Crippen molar-refractivity contribution in [3.8, 4) is 11.8 Å². The van der Waals surface area contributed by atoms with Crippen molar-refractivity contribution in [3.63, 3.8) is 0 Å². The highest BCUT2D eigenvalue weighted by Gasteiger charge is 2.12. The van der Waals surface area contributed by atoms with E-state index in [4.69, 9.17) is 9.47 Å². The fraction of sp³-hybridized carbons (Fsp3) is 0.875. The Hall–Kier alpha value is -1.50. The van der Waals surface area contributed by atoms with Gasteiger partial charge in [0.15, 0.2) is 0 Å². The van der Waals surface area contributed by atoms with E-state index in [0.29, 0.717) is 19.4 Å². The van der Waals surface area contributed by atoms with E-state index in [1.54, 1.807) is 0 Å². The van der Waals surface area contributed by atoms with Gasteiger partial charge in [-0.05, 0) is 25.7 Å². The number of hydrogen-bond donors (Lipinski definition) is 0. The van der Waals surface area contributed by atoms with Crippen LogP contribution in [0.25, 0.3) is 0 Å². The molecule has 4 heteroatoms. The van der Waals surface area contributed by atoms with Crippen molar-refractivity contribution in [3.05, 3.63) is 0 Å². The van der Waals surface area contributed by atoms with E-state index in [2.05, 4.69) is 25.7 Å². The topological polar surface area (TPSA) is 52.6 Å². The Kier molecular flexibility index (Phi) is 26.9. The zero-order chi connectivity index (χ0) is 26.5. The van der Waals surface area contributed by atoms with Crippen LogP contribution in [0.3, 0.4) is 0 Å². The van der Waals surface area contributed by atoms with Crippen molar-refractivity contribution < 1.29 is 19.1 Å². The summed E-state index contributed by atoms with van der Waals surface area (Å²) in [6, 6.07) is 0. The van der Waals surface area contributed by atoms with Crippen LogP contribution in [0.5, 0.6) is 0 Å². The number of unbranched alkanes of at least 4 members (excludes halogenated alkanes) is 16. The normalized spacial score (nSPS) is 11.5. The first-order chi connectivity index (χ1) is 17.6. The Morgan fingerprint density at radius 3 is 1.58 bits per heavy atom. The second kappa shape index (κ2) is 28.1. The van der Waals surface area contributed by atoms with Crippen LogP contribution in [0.2, 0.25) is 0 Å². The molecule has 0 heterocycles. The second-order valence-electron chi connectivity index (χ2n) is 10.2. The third kappa shape index (κ3) is 25.6. The van der Waals surface area contributed by atoms with E-state index in [1.807, 2.05) is 6.92 Å². The van der Waals surface area contributed by atoms with Crippen molar-refractivity contribution in [1.29, 1.82) is 0 Å². The molecule has 0 aliphatic rings. The number of carbonyl (C=O) groups excluding carboxylic acids is 2. The minimum absolute atomic E-state index is 0.149. The standard InChI is InChI=1S/C32H58O4/c1-4-7-9-11-12-13-14-15-16-17-18-19-20-21-22-24-29-35-31(33)27-25-28-32(34)36-30(6-3)26-23-10-8-5-2/h30H,4-9,11-22,24-29H2,1-3H3. The first-order valence-corrected chi connectivity index (χ1v) is 15.4. The van der Waals surface area contributed by atoms with Gasteiger partial charge in [-0.25, -0.2) is 0 Å². The summed E-state index contributed by atoms with van der Waals surface area (Å²) < 4.78 is 10.8. The lowest BCUT2D eigenvalue weighted by molar-refractivity contribution is -0.149. The van der Waals surface area contributed by atoms with E-state index in [-0.39, 0.29) is 30.9 Å². The molecule has 0 saturated heterocycles. The molecule has 1 unspecified atom stereocenters. The molecule has 0 aliphatic heterocycles. The zero-order valence-corrected chi connectivity index (χ0v) is 24.2. The summed E-state index contributed by atoms with van der Waals surface area (Å²) in [6.07, 6.45) is 25.5. The molecule has 0 aliphatic carbocycles. The number of ether oxygens (including phenoxy) is 2. The third-order valence-electron chi connectivity index (χ3n) is 6.61. The van der Waals surface area contributed by atoms with Crippen LogP contribution in [0.15, 0.2) is 0 Å². The van der Waals surface area contributed by atoms with Crippen LogP contribution in [-0.2, 0) is 19.1 Å². The van der Waals surface area contributed by atoms with Gasteiger partial charge in [0.1, 0.15) is 6.10 Å². The Morgan fingerprint density at radius 1 is 0.583 bits per heavy atom. The van der Waals surface area contributed by atoms with Gasteiger partial charge in [-0.15, -0.1) is 5.92 Å². The molecule has 0 aromatic carbocycles. The van der Waals surface area contributed by atoms with Gasteiger partial charge < -0.3 is 9.47 Å². The lowest BCUT2D eigenvalue weighted by atomic mass is 10.0. The second-order valence-corrected chi connectivity index (χ2v) is 10.2. The smallest absolute Gasteiger partial charge is 0.306 e. The summed E-state index contributed by atoms with van der Waals surface area (Å²) in [5, 5.41) is 0. The van der Waals surface area contributed by atoms with Gasteiger partial charge in [-0.1, -0.05) is 123 Å². The first-order valence-electron chi connectivity index (χ1n) is 15.4. The molecule has 0 aromatic rings. The summed E-state index contributed by atoms with van der Waals surface area (Å²) in [4.78, 5) is 23.9. The predicted molar refractivity (Wildman–Crippen MR) is 152 cm³/mol. The lowest BCUT2D eigenvalue weighted by Gasteiger charge is -2.13. The average Bonchev–Trinajstić information content (AvgIpc) is 2.87. The fourth-order valence-electron chi connectivity index (χ4n) is 4.20. The summed E-state index contributed by atoms with van der Waals surface area (Å²) in [5.41, 5.74) is 0. The zero-order valence-electron chi connectivity index (χ0n) is 24.2. The van der Waals surface area contributed by atoms with Gasteiger partial charge in [0.05, 0.1) is 6.61 Å². The molecule has 4 nitrogen and oxygen atoms in total. The van der Waals surface area contributed by atoms with E-state index < -0.39 is 0 Å². The lowest BCUT2D eigenvalue weighted by Crippen LogP contribution is -2.17. The van der Waals surface area contributed by atoms with Crippen LogP contribution >= 0.6 is 0 Å². The highest BCUT2D eigenvalue weighted by atomic mass is 16.5. The molecular formula is C32H58O4. The quantitative estimate of drug-likeness (QED) is 0.0702. The Bertz CT molecular complexity index is 560. The molecule has 0 fully saturated rings. The summed E-state index contributed by atoms with van der Waals surface area (Å²) in [6.45, 7) is 6.86. The van der Waals surface area contributed by atoms with Crippen molar-refractivity contribution in [2.75, 3.05) is 6.61 Å². The van der Waals surface area contributed by atoms with Crippen LogP contribution < -0.4 is 0 Å². The molecule has 0 spiro atoms. The largest absolute Gasteiger partial charge is 0.466 e. The maximum Gasteiger partial charge on any atom is 0.306 e. The molecule has 1 atom stereocenters. The maximum absolute atomic E-state index is 12.0. The SMILES string of the molecule is CCCC#CCC(CC)OC(=O)CCCC(=O)OCCCCCCCCCCCCCCCCCC. The van der Waals surface area contributed by atoms with E-state index in [0.717, 1.165) is 32.1 Å². The minimum Gasteiger partial charge on any atom is -0.466 e. The van der Waals surface area contributed by atoms with E-state index >= 15 is 0 Å². The van der Waals surface area contributed by atoms with Crippen molar-refractivity contribution in [2.24, 2.45) is 0 Å². The number of hydrogen-bond acceptors (Lipinski definition) is 4. The van der Waals surface area contributed by atoms with E-state index in [9.17, 15) is 9.59 Å². The van der Waals surface area contributed by atoms with Gasteiger partial charge >= 0.3 is 11.9 Å². The average molecular weight is 507 g/mol. The van der Waals surface area contributed by atoms with Crippen molar-refractivity contribution >= 4 is 11.9 Å². The third-order valence-corrected chi connectivity index (χ3v) is 6.61. The number of rotatable bonds is 25. The highest BCUT2D eigenvalue weighted by Crippen LogP contribution is 2.14. The maximum atomic E-state index is 12.0. The first kappa shape index (κ1) is 34.5. The predicted octanol–water partition coefficient (Wildman–Crippen LogP) is 9.48. The molecule has 210 valence electrons. The minimum atomic E-state index is -0.246. The molecule has 36 heavy (non-hydrogen) atoms. The highest BCUT2D eigenvalue weighted by molar-refractivity contribution is 5.72. The summed E-state index contributed by atoms with van der Waals surface area (Å²) in [5.74, 6) is 5.71. The molecule has 0 N–H and O–H groups in total. The molecule has 0 amide bonds. The van der Waals surface area contributed by atoms with Crippen LogP contribution in [0.4, 0.5) is 0 Å². The monoisotopic (exact) mass is 506 g/mol. The molecule has 0 bridgehead atoms. The summed E-state index contributed by atoms with van der Waals surface area (Å²) in [7, 11) is 0. The van der Waals surface area contributed by atoms with Crippen molar-refractivity contribution in [1.82, 2.24) is 0 Å². The Labute approximate surface area is 224 Å². The van der Waals surface area contributed by atoms with E-state index in [1.165, 1.54) is 89.9 Å². The van der Waals surface area contributed by atoms with Crippen LogP contribution in [0.1, 0.15) is 168 Å². The summed E-state index contributed by atoms with van der Waals surface area (Å²) >= 11 is 0. The number of esters is 2. The molecule has 0 aromatic heterocycles. The van der Waals surface area contributed by atoms with Gasteiger partial charge in [0.2, 0.25) is 0 Å². The van der Waals surface area contributed by atoms with Crippen LogP contribution in [-0.4, -0.2) is 24.6 Å². The molecule has 0 saturated carbocycles. The van der Waals surface area contributed by atoms with Crippen molar-refractivity contribution in [2.45, 2.75) is 175 Å². The fourth-order valence-corrected chi connectivity index (χ4v) is 4.20. The van der Waals surface area contributed by atoms with Gasteiger partial charge in [0.25, 0.3) is 0 Å². The molecule has 0 rings (SSSR count). The molecular weight excluding hydrogens is 448 g/mol. The number of carbonyl (C=O) groups is 2. The molecule has 0 radical (unpaired) electrons.